The molecule has 4 heterocycles. The van der Waals surface area contributed by atoms with Crippen molar-refractivity contribution in [2.75, 3.05) is 58.3 Å². The number of piperidine rings is 1. The maximum Gasteiger partial charge on any atom is 0.279 e. The number of hydrogen-bond donors (Lipinski definition) is 1. The van der Waals surface area contributed by atoms with Gasteiger partial charge in [0.2, 0.25) is 0 Å². The average Bonchev–Trinajstić information content (AvgIpc) is 3.01. The highest BCUT2D eigenvalue weighted by atomic mass is 32.2. The van der Waals surface area contributed by atoms with E-state index < -0.39 is 46.7 Å². The summed E-state index contributed by atoms with van der Waals surface area (Å²) in [5.41, 5.74) is 0.0832. The smallest absolute Gasteiger partial charge is 0.279 e. The van der Waals surface area contributed by atoms with Gasteiger partial charge < -0.3 is 24.2 Å². The van der Waals surface area contributed by atoms with Crippen LogP contribution in [0, 0.1) is 11.2 Å². The van der Waals surface area contributed by atoms with Crippen molar-refractivity contribution in [1.29, 1.82) is 0 Å². The van der Waals surface area contributed by atoms with Gasteiger partial charge in [0.25, 0.3) is 22.0 Å². The van der Waals surface area contributed by atoms with Crippen LogP contribution in [0.4, 0.5) is 19.0 Å². The van der Waals surface area contributed by atoms with E-state index >= 15 is 0 Å². The summed E-state index contributed by atoms with van der Waals surface area (Å²) in [6.07, 6.45) is 5.70. The summed E-state index contributed by atoms with van der Waals surface area (Å²) in [7, 11) is -0.490. The lowest BCUT2D eigenvalue weighted by Crippen LogP contribution is -2.61. The molecule has 12 nitrogen and oxygen atoms in total. The number of ether oxygens (including phenoxy) is 2. The fourth-order valence-corrected chi connectivity index (χ4v) is 8.19. The molecular formula is C33H46F3N7O5S. The van der Waals surface area contributed by atoms with Gasteiger partial charge in [0.1, 0.15) is 17.9 Å². The molecule has 1 aliphatic carbocycles. The van der Waals surface area contributed by atoms with Crippen LogP contribution >= 0.6 is 0 Å². The number of amides is 1. The van der Waals surface area contributed by atoms with Gasteiger partial charge in [-0.05, 0) is 70.8 Å². The third-order valence-corrected chi connectivity index (χ3v) is 11.8. The van der Waals surface area contributed by atoms with E-state index in [0.29, 0.717) is 18.2 Å². The largest absolute Gasteiger partial charge is 0.451 e. The fraction of sp³-hybridized carbons (Fsp3) is 0.667. The molecule has 1 N–H and O–H groups in total. The molecule has 1 spiro atoms. The Morgan fingerprint density at radius 1 is 1.14 bits per heavy atom. The van der Waals surface area contributed by atoms with Crippen LogP contribution in [0.25, 0.3) is 0 Å². The third kappa shape index (κ3) is 7.98. The minimum Gasteiger partial charge on any atom is -0.451 e. The molecule has 2 atom stereocenters. The number of anilines is 1. The Kier molecular flexibility index (Phi) is 10.2. The average molecular weight is 710 g/mol. The lowest BCUT2D eigenvalue weighted by molar-refractivity contribution is -0.120. The number of nitrogens with zero attached hydrogens (tertiary/aromatic N) is 6. The van der Waals surface area contributed by atoms with Crippen LogP contribution in [-0.2, 0) is 14.9 Å². The molecule has 6 rings (SSSR count). The van der Waals surface area contributed by atoms with Gasteiger partial charge in [-0.15, -0.1) is 0 Å². The van der Waals surface area contributed by atoms with Gasteiger partial charge in [-0.2, -0.15) is 17.4 Å². The maximum absolute atomic E-state index is 14.4. The molecule has 3 saturated heterocycles. The van der Waals surface area contributed by atoms with Crippen LogP contribution in [0.5, 0.6) is 11.5 Å². The van der Waals surface area contributed by atoms with Crippen LogP contribution in [0.2, 0.25) is 0 Å². The minimum atomic E-state index is -3.49. The van der Waals surface area contributed by atoms with E-state index in [1.165, 1.54) is 48.0 Å². The molecule has 1 aromatic carbocycles. The minimum absolute atomic E-state index is 0.0431. The summed E-state index contributed by atoms with van der Waals surface area (Å²) in [5, 5.41) is 0. The van der Waals surface area contributed by atoms with E-state index in [1.807, 2.05) is 0 Å². The second-order valence-corrected chi connectivity index (χ2v) is 16.4. The molecule has 1 aromatic heterocycles. The first-order valence-electron chi connectivity index (χ1n) is 16.9. The molecule has 1 amide bonds. The quantitative estimate of drug-likeness (QED) is 0.371. The first-order valence-corrected chi connectivity index (χ1v) is 18.3. The summed E-state index contributed by atoms with van der Waals surface area (Å²) in [6, 6.07) is 2.42. The first kappa shape index (κ1) is 35.8. The number of nitrogens with one attached hydrogen (secondary N) is 1. The summed E-state index contributed by atoms with van der Waals surface area (Å²) in [5.74, 6) is -3.01. The maximum atomic E-state index is 14.4. The number of alkyl halides is 2. The lowest BCUT2D eigenvalue weighted by Gasteiger charge is -2.54. The second-order valence-electron chi connectivity index (χ2n) is 14.5. The molecule has 49 heavy (non-hydrogen) atoms. The molecule has 1 saturated carbocycles. The van der Waals surface area contributed by atoms with E-state index in [-0.39, 0.29) is 34.9 Å². The van der Waals surface area contributed by atoms with Crippen LogP contribution < -0.4 is 14.4 Å². The Labute approximate surface area is 286 Å². The van der Waals surface area contributed by atoms with Crippen molar-refractivity contribution in [1.82, 2.24) is 28.8 Å². The predicted molar refractivity (Wildman–Crippen MR) is 177 cm³/mol. The molecule has 4 fully saturated rings. The normalized spacial score (nSPS) is 24.1. The molecular weight excluding hydrogens is 663 g/mol. The van der Waals surface area contributed by atoms with Crippen molar-refractivity contribution in [3.05, 3.63) is 42.1 Å². The van der Waals surface area contributed by atoms with Gasteiger partial charge in [-0.1, -0.05) is 0 Å². The number of halogens is 3. The van der Waals surface area contributed by atoms with Gasteiger partial charge in [-0.25, -0.2) is 23.1 Å². The number of hydrogen-bond acceptors (Lipinski definition) is 9. The molecule has 16 heteroatoms. The lowest BCUT2D eigenvalue weighted by atomic mass is 9.72. The highest BCUT2D eigenvalue weighted by molar-refractivity contribution is 7.87. The summed E-state index contributed by atoms with van der Waals surface area (Å²) >= 11 is 0. The number of aromatic nitrogens is 2. The molecule has 3 aliphatic heterocycles. The number of carbonyl (C=O) groups excluding carboxylic acids is 1. The molecule has 4 aliphatic rings. The van der Waals surface area contributed by atoms with Crippen LogP contribution in [0.15, 0.2) is 30.7 Å². The van der Waals surface area contributed by atoms with E-state index in [9.17, 15) is 26.4 Å². The van der Waals surface area contributed by atoms with Crippen molar-refractivity contribution >= 4 is 21.9 Å². The highest BCUT2D eigenvalue weighted by Crippen LogP contribution is 2.46. The molecule has 2 aromatic rings. The fourth-order valence-electron chi connectivity index (χ4n) is 7.37. The standard InChI is InChI=1S/C33H46F3N7O5S/c1-22(2)43(25-14-33(35,36)15-25)31(44)27-13-23(34)5-8-28(27)48-29-16-37-21-38-30(29)42-19-32(20-42)9-11-41(12-10-32)17-26-7-6-24(18-47-26)39-49(45,46)40(3)4/h5,8,13,16,21-22,24-26,39H,6-7,9-12,14-15,17-20H2,1-4H3/t24-,26+/m1/s1. The van der Waals surface area contributed by atoms with Crippen LogP contribution in [0.1, 0.15) is 62.7 Å². The topological polar surface area (TPSA) is 120 Å². The zero-order valence-corrected chi connectivity index (χ0v) is 29.3. The number of benzene rings is 1. The van der Waals surface area contributed by atoms with Gasteiger partial charge in [0.05, 0.1) is 24.5 Å². The Balaban J connectivity index is 1.04. The SMILES string of the molecule is CC(C)N(C(=O)c1cc(F)ccc1Oc1cncnc1N1CC2(CCN(C[C@@H]3CC[C@@H](NS(=O)(=O)N(C)C)CO3)CC2)C1)C1CC(F)(F)C1. The molecule has 0 unspecified atom stereocenters. The number of likely N-dealkylation sites (tertiary alicyclic amines) is 1. The Hall–Kier alpha value is -3.05. The summed E-state index contributed by atoms with van der Waals surface area (Å²) < 4.78 is 82.2. The Bertz CT molecular complexity index is 1600. The van der Waals surface area contributed by atoms with E-state index in [1.54, 1.807) is 13.8 Å². The van der Waals surface area contributed by atoms with Gasteiger partial charge >= 0.3 is 0 Å². The number of rotatable bonds is 11. The van der Waals surface area contributed by atoms with Crippen molar-refractivity contribution in [3.8, 4) is 11.5 Å². The van der Waals surface area contributed by atoms with E-state index in [0.717, 1.165) is 64.5 Å². The first-order chi connectivity index (χ1) is 23.1. The van der Waals surface area contributed by atoms with Crippen molar-refractivity contribution < 1.29 is 35.9 Å². The molecule has 0 radical (unpaired) electrons. The highest BCUT2D eigenvalue weighted by Gasteiger charge is 2.50. The number of carbonyl (C=O) groups is 1. The zero-order chi connectivity index (χ0) is 35.1. The monoisotopic (exact) mass is 709 g/mol. The third-order valence-electron chi connectivity index (χ3n) is 10.2. The van der Waals surface area contributed by atoms with Gasteiger partial charge in [0, 0.05) is 70.1 Å². The Morgan fingerprint density at radius 2 is 1.86 bits per heavy atom. The summed E-state index contributed by atoms with van der Waals surface area (Å²) in [6.45, 7) is 8.07. The van der Waals surface area contributed by atoms with E-state index in [2.05, 4.69) is 24.5 Å². The predicted octanol–water partition coefficient (Wildman–Crippen LogP) is 3.90. The van der Waals surface area contributed by atoms with Crippen molar-refractivity contribution in [2.45, 2.75) is 82.5 Å². The van der Waals surface area contributed by atoms with Crippen LogP contribution in [0.3, 0.4) is 0 Å². The summed E-state index contributed by atoms with van der Waals surface area (Å²) in [4.78, 5) is 28.2. The second kappa shape index (κ2) is 13.9. The van der Waals surface area contributed by atoms with Crippen molar-refractivity contribution in [3.63, 3.8) is 0 Å². The molecule has 0 bridgehead atoms. The van der Waals surface area contributed by atoms with Crippen molar-refractivity contribution in [2.24, 2.45) is 5.41 Å². The Morgan fingerprint density at radius 3 is 2.47 bits per heavy atom. The molecule has 270 valence electrons. The van der Waals surface area contributed by atoms with Gasteiger partial charge in [0.15, 0.2) is 11.6 Å². The zero-order valence-electron chi connectivity index (χ0n) is 28.4. The van der Waals surface area contributed by atoms with Crippen LogP contribution in [-0.4, -0.2) is 122 Å². The van der Waals surface area contributed by atoms with E-state index in [4.69, 9.17) is 9.47 Å². The van der Waals surface area contributed by atoms with Gasteiger partial charge in [-0.3, -0.25) is 4.79 Å².